The van der Waals surface area contributed by atoms with Gasteiger partial charge in [-0.1, -0.05) is 121 Å². The summed E-state index contributed by atoms with van der Waals surface area (Å²) in [7, 11) is 0. The van der Waals surface area contributed by atoms with Crippen LogP contribution in [0.15, 0.2) is 182 Å². The van der Waals surface area contributed by atoms with Crippen LogP contribution in [0, 0.1) is 0 Å². The summed E-state index contributed by atoms with van der Waals surface area (Å²) in [6.07, 6.45) is 0. The normalized spacial score (nSPS) is 11.7. The van der Waals surface area contributed by atoms with E-state index in [9.17, 15) is 0 Å². The number of hydrogen-bond donors (Lipinski definition) is 0. The zero-order valence-corrected chi connectivity index (χ0v) is 27.4. The molecule has 0 spiro atoms. The highest BCUT2D eigenvalue weighted by atomic mass is 32.1. The van der Waals surface area contributed by atoms with Crippen LogP contribution in [0.1, 0.15) is 0 Å². The minimum absolute atomic E-state index is 1.12. The first kappa shape index (κ1) is 27.9. The number of rotatable bonds is 5. The fraction of sp³-hybridized carbons (Fsp3) is 0. The van der Waals surface area contributed by atoms with Crippen molar-refractivity contribution in [3.63, 3.8) is 0 Å². The number of para-hydroxylation sites is 2. The third-order valence-corrected chi connectivity index (χ3v) is 10.9. The maximum atomic E-state index is 2.47. The number of anilines is 3. The van der Waals surface area contributed by atoms with E-state index >= 15 is 0 Å². The molecule has 2 nitrogen and oxygen atoms in total. The Kier molecular flexibility index (Phi) is 6.39. The zero-order valence-electron chi connectivity index (χ0n) is 26.6. The molecule has 0 unspecified atom stereocenters. The van der Waals surface area contributed by atoms with Gasteiger partial charge in [0.2, 0.25) is 0 Å². The van der Waals surface area contributed by atoms with Crippen molar-refractivity contribution in [2.24, 2.45) is 0 Å². The van der Waals surface area contributed by atoms with Gasteiger partial charge in [-0.05, 0) is 77.2 Å². The SMILES string of the molecule is c1ccc(-c2cccc3c2c2c(N(c4ccccc4)c4ccc5sc6ccccc6c5c4)cc4ccccc4c2n3-c2ccccc2)cc1. The summed E-state index contributed by atoms with van der Waals surface area (Å²) in [5.41, 5.74) is 9.38. The smallest absolute Gasteiger partial charge is 0.0640 e. The first-order valence-electron chi connectivity index (χ1n) is 16.7. The molecule has 0 radical (unpaired) electrons. The number of fused-ring (bicyclic) bond motifs is 8. The van der Waals surface area contributed by atoms with Gasteiger partial charge in [0.15, 0.2) is 0 Å². The standard InChI is InChI=1S/C46H30N2S/c1-4-15-31(16-5-1)36-24-14-25-40-44(36)45-41(29-32-17-10-11-22-37(32)46(45)48(40)34-20-8-3-9-21-34)47(33-18-6-2-7-19-33)35-27-28-43-39(30-35)38-23-12-13-26-42(38)49-43/h1-30H. The summed E-state index contributed by atoms with van der Waals surface area (Å²) in [5.74, 6) is 0. The van der Waals surface area contributed by atoms with Gasteiger partial charge in [-0.2, -0.15) is 0 Å². The van der Waals surface area contributed by atoms with Crippen LogP contribution in [0.4, 0.5) is 17.1 Å². The Morgan fingerprint density at radius 1 is 0.449 bits per heavy atom. The second-order valence-corrected chi connectivity index (χ2v) is 13.6. The Bertz CT molecular complexity index is 2810. The fourth-order valence-corrected chi connectivity index (χ4v) is 8.73. The number of aromatic nitrogens is 1. The maximum Gasteiger partial charge on any atom is 0.0640 e. The molecular formula is C46H30N2S. The van der Waals surface area contributed by atoms with Crippen LogP contribution in [0.25, 0.3) is 69.6 Å². The Balaban J connectivity index is 1.41. The molecule has 230 valence electrons. The second-order valence-electron chi connectivity index (χ2n) is 12.5. The summed E-state index contributed by atoms with van der Waals surface area (Å²) in [6, 6.07) is 66.2. The van der Waals surface area contributed by atoms with Gasteiger partial charge in [-0.3, -0.25) is 0 Å². The predicted molar refractivity (Wildman–Crippen MR) is 211 cm³/mol. The molecule has 2 aromatic heterocycles. The van der Waals surface area contributed by atoms with Crippen molar-refractivity contribution in [1.29, 1.82) is 0 Å². The van der Waals surface area contributed by atoms with Gasteiger partial charge in [-0.25, -0.2) is 0 Å². The maximum absolute atomic E-state index is 2.47. The van der Waals surface area contributed by atoms with E-state index in [1.54, 1.807) is 0 Å². The number of benzene rings is 8. The first-order valence-corrected chi connectivity index (χ1v) is 17.5. The lowest BCUT2D eigenvalue weighted by atomic mass is 9.96. The Hall–Kier alpha value is -6.16. The highest BCUT2D eigenvalue weighted by Gasteiger charge is 2.25. The molecule has 0 fully saturated rings. The number of nitrogens with zero attached hydrogens (tertiary/aromatic N) is 2. The molecule has 10 aromatic rings. The molecule has 0 saturated carbocycles. The zero-order chi connectivity index (χ0) is 32.3. The average molecular weight is 643 g/mol. The Morgan fingerprint density at radius 2 is 1.12 bits per heavy atom. The van der Waals surface area contributed by atoms with Crippen LogP contribution in [0.3, 0.4) is 0 Å². The van der Waals surface area contributed by atoms with Gasteiger partial charge in [0.25, 0.3) is 0 Å². The van der Waals surface area contributed by atoms with Crippen molar-refractivity contribution in [1.82, 2.24) is 4.57 Å². The highest BCUT2D eigenvalue weighted by Crippen LogP contribution is 2.49. The monoisotopic (exact) mass is 642 g/mol. The molecule has 2 heterocycles. The van der Waals surface area contributed by atoms with Crippen molar-refractivity contribution in [3.05, 3.63) is 182 Å². The summed E-state index contributed by atoms with van der Waals surface area (Å²) >= 11 is 1.86. The number of hydrogen-bond acceptors (Lipinski definition) is 2. The van der Waals surface area contributed by atoms with Gasteiger partial charge in [-0.15, -0.1) is 11.3 Å². The molecule has 8 aromatic carbocycles. The molecule has 0 amide bonds. The molecule has 0 aliphatic heterocycles. The van der Waals surface area contributed by atoms with E-state index in [4.69, 9.17) is 0 Å². The van der Waals surface area contributed by atoms with Crippen LogP contribution < -0.4 is 4.90 Å². The summed E-state index contributed by atoms with van der Waals surface area (Å²) in [5, 5.41) is 7.50. The van der Waals surface area contributed by atoms with Crippen LogP contribution >= 0.6 is 11.3 Å². The summed E-state index contributed by atoms with van der Waals surface area (Å²) in [4.78, 5) is 2.47. The molecule has 3 heteroatoms. The first-order chi connectivity index (χ1) is 24.3. The molecule has 0 N–H and O–H groups in total. The molecule has 0 bridgehead atoms. The lowest BCUT2D eigenvalue weighted by Crippen LogP contribution is -2.10. The lowest BCUT2D eigenvalue weighted by Gasteiger charge is -2.27. The largest absolute Gasteiger partial charge is 0.310 e. The Morgan fingerprint density at radius 3 is 1.94 bits per heavy atom. The van der Waals surface area contributed by atoms with Crippen LogP contribution in [0.5, 0.6) is 0 Å². The molecule has 0 aliphatic carbocycles. The van der Waals surface area contributed by atoms with Crippen LogP contribution in [-0.2, 0) is 0 Å². The van der Waals surface area contributed by atoms with E-state index in [0.29, 0.717) is 0 Å². The van der Waals surface area contributed by atoms with Gasteiger partial charge in [0.1, 0.15) is 0 Å². The van der Waals surface area contributed by atoms with Gasteiger partial charge >= 0.3 is 0 Å². The minimum Gasteiger partial charge on any atom is -0.310 e. The topological polar surface area (TPSA) is 8.17 Å². The highest BCUT2D eigenvalue weighted by molar-refractivity contribution is 7.25. The van der Waals surface area contributed by atoms with Crippen LogP contribution in [-0.4, -0.2) is 4.57 Å². The van der Waals surface area contributed by atoms with Crippen molar-refractivity contribution in [2.75, 3.05) is 4.90 Å². The molecule has 0 aliphatic rings. The molecule has 0 atom stereocenters. The average Bonchev–Trinajstić information content (AvgIpc) is 3.72. The van der Waals surface area contributed by atoms with E-state index in [1.807, 2.05) is 11.3 Å². The van der Waals surface area contributed by atoms with Crippen LogP contribution in [0.2, 0.25) is 0 Å². The predicted octanol–water partition coefficient (Wildman–Crippen LogP) is 13.4. The van der Waals surface area contributed by atoms with Crippen molar-refractivity contribution < 1.29 is 0 Å². The van der Waals surface area contributed by atoms with Gasteiger partial charge in [0, 0.05) is 53.4 Å². The van der Waals surface area contributed by atoms with E-state index < -0.39 is 0 Å². The van der Waals surface area contributed by atoms with Crippen molar-refractivity contribution in [3.8, 4) is 16.8 Å². The third kappa shape index (κ3) is 4.40. The van der Waals surface area contributed by atoms with Crippen molar-refractivity contribution >= 4 is 81.1 Å². The van der Waals surface area contributed by atoms with Gasteiger partial charge < -0.3 is 9.47 Å². The van der Waals surface area contributed by atoms with E-state index in [2.05, 4.69) is 191 Å². The molecule has 10 rings (SSSR count). The lowest BCUT2D eigenvalue weighted by molar-refractivity contribution is 1.19. The van der Waals surface area contributed by atoms with E-state index in [1.165, 1.54) is 63.9 Å². The fourth-order valence-electron chi connectivity index (χ4n) is 7.64. The Labute approximate surface area is 288 Å². The molecule has 49 heavy (non-hydrogen) atoms. The van der Waals surface area contributed by atoms with Crippen molar-refractivity contribution in [2.45, 2.75) is 0 Å². The number of thiophene rings is 1. The summed E-state index contributed by atoms with van der Waals surface area (Å²) in [6.45, 7) is 0. The summed E-state index contributed by atoms with van der Waals surface area (Å²) < 4.78 is 5.09. The van der Waals surface area contributed by atoms with E-state index in [0.717, 1.165) is 22.7 Å². The molecular weight excluding hydrogens is 613 g/mol. The van der Waals surface area contributed by atoms with Gasteiger partial charge in [0.05, 0.1) is 16.7 Å². The molecule has 0 saturated heterocycles. The van der Waals surface area contributed by atoms with E-state index in [-0.39, 0.29) is 0 Å². The quantitative estimate of drug-likeness (QED) is 0.181. The minimum atomic E-state index is 1.12. The second kappa shape index (κ2) is 11.2. The third-order valence-electron chi connectivity index (χ3n) is 9.73.